The van der Waals surface area contributed by atoms with Crippen molar-refractivity contribution in [1.82, 2.24) is 24.8 Å². The molecule has 11 nitrogen and oxygen atoms in total. The van der Waals surface area contributed by atoms with E-state index in [1.54, 1.807) is 0 Å². The molecule has 1 aromatic carbocycles. The van der Waals surface area contributed by atoms with Gasteiger partial charge in [-0.3, -0.25) is 0 Å². The first-order valence-electron chi connectivity index (χ1n) is 13.0. The van der Waals surface area contributed by atoms with Gasteiger partial charge in [-0.05, 0) is 45.0 Å². The summed E-state index contributed by atoms with van der Waals surface area (Å²) >= 11 is 0. The molecule has 2 aliphatic rings. The number of aromatic nitrogens is 4. The quantitative estimate of drug-likeness (QED) is 0.463. The van der Waals surface area contributed by atoms with E-state index in [0.717, 1.165) is 11.4 Å². The van der Waals surface area contributed by atoms with Crippen LogP contribution in [-0.2, 0) is 21.6 Å². The van der Waals surface area contributed by atoms with Crippen molar-refractivity contribution in [3.8, 4) is 11.4 Å². The molecule has 37 heavy (non-hydrogen) atoms. The number of aliphatic hydroxyl groups is 1. The number of hydrogen-bond donors (Lipinski definition) is 3. The molecule has 2 saturated heterocycles. The average molecular weight is 510 g/mol. The highest BCUT2D eigenvalue weighted by molar-refractivity contribution is 5.90. The van der Waals surface area contributed by atoms with Crippen LogP contribution in [0.3, 0.4) is 0 Å². The highest BCUT2D eigenvalue weighted by Gasteiger charge is 2.38. The number of aryl methyl sites for hydroxylation is 1. The van der Waals surface area contributed by atoms with Crippen LogP contribution in [0, 0.1) is 0 Å². The van der Waals surface area contributed by atoms with Gasteiger partial charge in [0.1, 0.15) is 11.4 Å². The Balaban J connectivity index is 1.62. The third kappa shape index (κ3) is 4.98. The molecule has 0 spiro atoms. The van der Waals surface area contributed by atoms with E-state index in [-0.39, 0.29) is 12.1 Å². The fraction of sp³-hybridized carbons (Fsp3) is 0.538. The molecule has 198 valence electrons. The number of carbonyl (C=O) groups is 1. The van der Waals surface area contributed by atoms with Crippen LogP contribution >= 0.6 is 0 Å². The van der Waals surface area contributed by atoms with Gasteiger partial charge >= 0.3 is 6.03 Å². The van der Waals surface area contributed by atoms with E-state index in [2.05, 4.69) is 22.5 Å². The van der Waals surface area contributed by atoms with Crippen LogP contribution in [-0.4, -0.2) is 76.2 Å². The number of fused-ring (bicyclic) bond motifs is 1. The first-order chi connectivity index (χ1) is 17.9. The SMILES string of the molecule is CCNC(=O)Nc1ccc(-c2nc(N3CCOC[C@@H]3C)c3nc(C4(O)CCOCC4)n(CC)c3n2)cc1. The fourth-order valence-corrected chi connectivity index (χ4v) is 4.98. The van der Waals surface area contributed by atoms with E-state index < -0.39 is 5.60 Å². The number of hydrogen-bond acceptors (Lipinski definition) is 8. The van der Waals surface area contributed by atoms with E-state index in [1.807, 2.05) is 42.7 Å². The third-order valence-electron chi connectivity index (χ3n) is 7.01. The number of carbonyl (C=O) groups excluding carboxylic acids is 1. The largest absolute Gasteiger partial charge is 0.382 e. The summed E-state index contributed by atoms with van der Waals surface area (Å²) < 4.78 is 13.2. The predicted octanol–water partition coefficient (Wildman–Crippen LogP) is 2.88. The maximum absolute atomic E-state index is 11.9. The van der Waals surface area contributed by atoms with Crippen LogP contribution in [0.5, 0.6) is 0 Å². The molecular formula is C26H35N7O4. The summed E-state index contributed by atoms with van der Waals surface area (Å²) in [6.07, 6.45) is 0.972. The smallest absolute Gasteiger partial charge is 0.319 e. The lowest BCUT2D eigenvalue weighted by Crippen LogP contribution is -2.44. The number of nitrogens with zero attached hydrogens (tertiary/aromatic N) is 5. The van der Waals surface area contributed by atoms with Crippen molar-refractivity contribution in [2.24, 2.45) is 0 Å². The normalized spacial score (nSPS) is 19.7. The van der Waals surface area contributed by atoms with Crippen molar-refractivity contribution in [1.29, 1.82) is 0 Å². The molecule has 4 heterocycles. The van der Waals surface area contributed by atoms with Crippen molar-refractivity contribution in [2.45, 2.75) is 51.8 Å². The number of benzene rings is 1. The third-order valence-corrected chi connectivity index (χ3v) is 7.01. The molecule has 2 aromatic heterocycles. The zero-order chi connectivity index (χ0) is 26.0. The van der Waals surface area contributed by atoms with E-state index in [0.29, 0.717) is 87.4 Å². The van der Waals surface area contributed by atoms with E-state index in [1.165, 1.54) is 0 Å². The molecule has 3 aromatic rings. The lowest BCUT2D eigenvalue weighted by Gasteiger charge is -2.34. The van der Waals surface area contributed by atoms with E-state index in [4.69, 9.17) is 24.4 Å². The van der Waals surface area contributed by atoms with Crippen LogP contribution in [0.2, 0.25) is 0 Å². The molecule has 0 radical (unpaired) electrons. The van der Waals surface area contributed by atoms with Gasteiger partial charge in [0.05, 0.1) is 19.3 Å². The number of anilines is 2. The summed E-state index contributed by atoms with van der Waals surface area (Å²) in [4.78, 5) is 29.0. The van der Waals surface area contributed by atoms with Crippen molar-refractivity contribution in [2.75, 3.05) is 49.7 Å². The maximum atomic E-state index is 11.9. The highest BCUT2D eigenvalue weighted by atomic mass is 16.5. The van der Waals surface area contributed by atoms with Crippen molar-refractivity contribution in [3.63, 3.8) is 0 Å². The van der Waals surface area contributed by atoms with Crippen molar-refractivity contribution >= 4 is 28.7 Å². The van der Waals surface area contributed by atoms with Crippen molar-refractivity contribution < 1.29 is 19.4 Å². The molecule has 5 rings (SSSR count). The van der Waals surface area contributed by atoms with Gasteiger partial charge in [0.15, 0.2) is 22.8 Å². The molecule has 11 heteroatoms. The van der Waals surface area contributed by atoms with Gasteiger partial charge in [-0.2, -0.15) is 0 Å². The highest BCUT2D eigenvalue weighted by Crippen LogP contribution is 2.36. The van der Waals surface area contributed by atoms with E-state index >= 15 is 0 Å². The zero-order valence-electron chi connectivity index (χ0n) is 21.7. The minimum Gasteiger partial charge on any atom is -0.382 e. The lowest BCUT2D eigenvalue weighted by molar-refractivity contribution is -0.0749. The van der Waals surface area contributed by atoms with Crippen LogP contribution in [0.25, 0.3) is 22.6 Å². The number of amides is 2. The molecule has 2 aliphatic heterocycles. The molecular weight excluding hydrogens is 474 g/mol. The summed E-state index contributed by atoms with van der Waals surface area (Å²) in [5.41, 5.74) is 1.81. The first kappa shape index (κ1) is 25.4. The molecule has 0 saturated carbocycles. The number of nitrogens with one attached hydrogen (secondary N) is 2. The standard InChI is InChI=1S/C26H35N7O4/c1-4-27-25(34)28-19-8-6-18(7-9-19)21-30-22-20(23(31-21)33-12-15-37-16-17(33)3)29-24(32(22)5-2)26(35)10-13-36-14-11-26/h6-9,17,35H,4-5,10-16H2,1-3H3,(H2,27,28,34)/t17-/m0/s1. The minimum absolute atomic E-state index is 0.116. The molecule has 2 fully saturated rings. The molecule has 1 atom stereocenters. The fourth-order valence-electron chi connectivity index (χ4n) is 4.98. The molecule has 0 unspecified atom stereocenters. The molecule has 2 amide bonds. The summed E-state index contributed by atoms with van der Waals surface area (Å²) in [5.74, 6) is 1.92. The summed E-state index contributed by atoms with van der Waals surface area (Å²) in [6, 6.07) is 7.33. The number of rotatable bonds is 6. The Labute approximate surface area is 216 Å². The van der Waals surface area contributed by atoms with Crippen molar-refractivity contribution in [3.05, 3.63) is 30.1 Å². The summed E-state index contributed by atoms with van der Waals surface area (Å²) in [7, 11) is 0. The van der Waals surface area contributed by atoms with Gasteiger partial charge in [0.25, 0.3) is 0 Å². The topological polar surface area (TPSA) is 127 Å². The Kier molecular flexibility index (Phi) is 7.27. The van der Waals surface area contributed by atoms with E-state index in [9.17, 15) is 9.90 Å². The predicted molar refractivity (Wildman–Crippen MR) is 141 cm³/mol. The Hall–Kier alpha value is -3.28. The van der Waals surface area contributed by atoms with Gasteiger partial charge in [0, 0.05) is 56.9 Å². The van der Waals surface area contributed by atoms with Crippen LogP contribution < -0.4 is 15.5 Å². The maximum Gasteiger partial charge on any atom is 0.319 e. The Morgan fingerprint density at radius 1 is 1.11 bits per heavy atom. The summed E-state index contributed by atoms with van der Waals surface area (Å²) in [6.45, 7) is 10.1. The first-order valence-corrected chi connectivity index (χ1v) is 13.0. The Morgan fingerprint density at radius 3 is 2.54 bits per heavy atom. The van der Waals surface area contributed by atoms with Crippen LogP contribution in [0.1, 0.15) is 39.4 Å². The Bertz CT molecular complexity index is 1250. The second-order valence-electron chi connectivity index (χ2n) is 9.55. The Morgan fingerprint density at radius 2 is 1.86 bits per heavy atom. The number of imidazole rings is 1. The molecule has 3 N–H and O–H groups in total. The summed E-state index contributed by atoms with van der Waals surface area (Å²) in [5, 5.41) is 17.1. The molecule has 0 bridgehead atoms. The number of urea groups is 1. The second-order valence-corrected chi connectivity index (χ2v) is 9.55. The lowest BCUT2D eigenvalue weighted by atomic mass is 9.93. The monoisotopic (exact) mass is 509 g/mol. The van der Waals surface area contributed by atoms with Gasteiger partial charge in [-0.15, -0.1) is 0 Å². The van der Waals surface area contributed by atoms with Gasteiger partial charge in [-0.1, -0.05) is 0 Å². The van der Waals surface area contributed by atoms with Gasteiger partial charge in [0.2, 0.25) is 0 Å². The van der Waals surface area contributed by atoms with Gasteiger partial charge in [-0.25, -0.2) is 19.7 Å². The molecule has 0 aliphatic carbocycles. The number of ether oxygens (including phenoxy) is 2. The second kappa shape index (κ2) is 10.6. The van der Waals surface area contributed by atoms with Crippen LogP contribution in [0.4, 0.5) is 16.3 Å². The zero-order valence-corrected chi connectivity index (χ0v) is 21.7. The average Bonchev–Trinajstić information content (AvgIpc) is 3.29. The van der Waals surface area contributed by atoms with Crippen LogP contribution in [0.15, 0.2) is 24.3 Å². The van der Waals surface area contributed by atoms with Gasteiger partial charge < -0.3 is 34.7 Å². The number of morpholine rings is 1. The minimum atomic E-state index is -1.07.